The molecule has 0 atom stereocenters. The largest absolute Gasteiger partial charge is 0.490 e. The van der Waals surface area contributed by atoms with E-state index in [2.05, 4.69) is 20.5 Å². The molecule has 0 bridgehead atoms. The lowest BCUT2D eigenvalue weighted by molar-refractivity contribution is -0.192. The molecule has 0 aliphatic heterocycles. The van der Waals surface area contributed by atoms with Gasteiger partial charge in [-0.15, -0.1) is 0 Å². The maximum Gasteiger partial charge on any atom is 0.490 e. The van der Waals surface area contributed by atoms with E-state index < -0.39 is 12.1 Å². The Hall–Kier alpha value is -3.63. The Labute approximate surface area is 157 Å². The number of hydrogen-bond donors (Lipinski definition) is 3. The Morgan fingerprint density at radius 3 is 2.39 bits per heavy atom. The first-order valence-corrected chi connectivity index (χ1v) is 7.76. The predicted octanol–water partition coefficient (Wildman–Crippen LogP) is 3.04. The molecular weight excluding hydrogens is 379 g/mol. The van der Waals surface area contributed by atoms with Gasteiger partial charge in [-0.25, -0.2) is 4.79 Å². The van der Waals surface area contributed by atoms with Crippen LogP contribution in [0.3, 0.4) is 0 Å². The first-order chi connectivity index (χ1) is 13.1. The van der Waals surface area contributed by atoms with Crippen molar-refractivity contribution in [2.45, 2.75) is 6.18 Å². The van der Waals surface area contributed by atoms with Gasteiger partial charge in [0.25, 0.3) is 5.91 Å². The van der Waals surface area contributed by atoms with Gasteiger partial charge in [0, 0.05) is 37.1 Å². The molecule has 3 N–H and O–H groups in total. The topological polar surface area (TPSA) is 111 Å². The molecule has 0 aliphatic rings. The summed E-state index contributed by atoms with van der Waals surface area (Å²) in [6, 6.07) is 9.47. The van der Waals surface area contributed by atoms with Crippen LogP contribution in [0.4, 0.5) is 24.5 Å². The van der Waals surface area contributed by atoms with Crippen LogP contribution in [-0.4, -0.2) is 57.3 Å². The lowest BCUT2D eigenvalue weighted by Gasteiger charge is -2.11. The number of nitrogens with one attached hydrogen (secondary N) is 2. The molecule has 0 saturated carbocycles. The minimum Gasteiger partial charge on any atom is -0.475 e. The van der Waals surface area contributed by atoms with Crippen molar-refractivity contribution < 1.29 is 27.9 Å². The summed E-state index contributed by atoms with van der Waals surface area (Å²) < 4.78 is 31.7. The lowest BCUT2D eigenvalue weighted by atomic mass is 10.2. The van der Waals surface area contributed by atoms with Gasteiger partial charge in [-0.05, 0) is 30.3 Å². The van der Waals surface area contributed by atoms with E-state index in [1.165, 1.54) is 4.90 Å². The van der Waals surface area contributed by atoms with Crippen molar-refractivity contribution in [3.8, 4) is 0 Å². The number of anilines is 2. The minimum atomic E-state index is -5.08. The van der Waals surface area contributed by atoms with Crippen LogP contribution in [-0.2, 0) is 4.79 Å². The van der Waals surface area contributed by atoms with Crippen LogP contribution < -0.4 is 5.32 Å². The number of carbonyl (C=O) groups is 2. The third kappa shape index (κ3) is 5.43. The molecule has 0 radical (unpaired) electrons. The molecule has 3 rings (SSSR count). The summed E-state index contributed by atoms with van der Waals surface area (Å²) in [6.45, 7) is 0. The van der Waals surface area contributed by atoms with E-state index in [1.807, 2.05) is 24.3 Å². The lowest BCUT2D eigenvalue weighted by Crippen LogP contribution is -2.22. The highest BCUT2D eigenvalue weighted by Gasteiger charge is 2.38. The number of carboxylic acids is 1. The number of rotatable bonds is 3. The summed E-state index contributed by atoms with van der Waals surface area (Å²) in [5, 5.41) is 18.3. The maximum atomic E-state index is 11.9. The monoisotopic (exact) mass is 395 g/mol. The Balaban J connectivity index is 0.000000345. The summed E-state index contributed by atoms with van der Waals surface area (Å²) in [4.78, 5) is 26.4. The molecule has 0 spiro atoms. The van der Waals surface area contributed by atoms with E-state index in [9.17, 15) is 18.0 Å². The molecule has 2 aromatic heterocycles. The summed E-state index contributed by atoms with van der Waals surface area (Å²) in [5.74, 6) is -2.88. The van der Waals surface area contributed by atoms with E-state index in [0.29, 0.717) is 5.69 Å². The van der Waals surface area contributed by atoms with Crippen LogP contribution in [0.15, 0.2) is 42.7 Å². The zero-order chi connectivity index (χ0) is 20.9. The second-order valence-corrected chi connectivity index (χ2v) is 5.73. The molecule has 148 valence electrons. The van der Waals surface area contributed by atoms with Crippen molar-refractivity contribution in [2.24, 2.45) is 0 Å². The normalized spacial score (nSPS) is 10.8. The minimum absolute atomic E-state index is 0.121. The predicted molar refractivity (Wildman–Crippen MR) is 95.3 cm³/mol. The number of fused-ring (bicyclic) bond motifs is 1. The van der Waals surface area contributed by atoms with Gasteiger partial charge in [0.1, 0.15) is 5.69 Å². The molecule has 0 saturated heterocycles. The van der Waals surface area contributed by atoms with E-state index >= 15 is 0 Å². The molecule has 0 fully saturated rings. The number of aromatic nitrogens is 3. The van der Waals surface area contributed by atoms with E-state index in [0.717, 1.165) is 22.3 Å². The number of aliphatic carboxylic acids is 1. The fourth-order valence-corrected chi connectivity index (χ4v) is 2.04. The summed E-state index contributed by atoms with van der Waals surface area (Å²) in [7, 11) is 3.41. The Morgan fingerprint density at radius 1 is 1.14 bits per heavy atom. The molecule has 0 aliphatic carbocycles. The highest BCUT2D eigenvalue weighted by atomic mass is 19.4. The van der Waals surface area contributed by atoms with Crippen molar-refractivity contribution in [2.75, 3.05) is 19.4 Å². The Morgan fingerprint density at radius 2 is 1.79 bits per heavy atom. The van der Waals surface area contributed by atoms with Crippen molar-refractivity contribution in [3.63, 3.8) is 0 Å². The quantitative estimate of drug-likeness (QED) is 0.629. The first-order valence-electron chi connectivity index (χ1n) is 7.76. The molecule has 1 aromatic carbocycles. The number of amides is 1. The van der Waals surface area contributed by atoms with Crippen molar-refractivity contribution in [1.82, 2.24) is 20.1 Å². The average molecular weight is 395 g/mol. The van der Waals surface area contributed by atoms with Crippen molar-refractivity contribution in [3.05, 3.63) is 48.4 Å². The fourth-order valence-electron chi connectivity index (χ4n) is 2.04. The van der Waals surface area contributed by atoms with E-state index in [4.69, 9.17) is 9.90 Å². The molecule has 28 heavy (non-hydrogen) atoms. The zero-order valence-corrected chi connectivity index (χ0v) is 14.8. The number of hydrogen-bond acceptors (Lipinski definition) is 5. The number of H-pyrrole nitrogens is 1. The van der Waals surface area contributed by atoms with E-state index in [-0.39, 0.29) is 5.91 Å². The van der Waals surface area contributed by atoms with Crippen LogP contribution in [0.25, 0.3) is 10.9 Å². The maximum absolute atomic E-state index is 11.9. The summed E-state index contributed by atoms with van der Waals surface area (Å²) in [6.07, 6.45) is -1.69. The average Bonchev–Trinajstić information content (AvgIpc) is 3.08. The van der Waals surface area contributed by atoms with Crippen molar-refractivity contribution in [1.29, 1.82) is 0 Å². The van der Waals surface area contributed by atoms with Crippen LogP contribution in [0, 0.1) is 0 Å². The van der Waals surface area contributed by atoms with Crippen molar-refractivity contribution >= 4 is 34.2 Å². The second kappa shape index (κ2) is 8.37. The van der Waals surface area contributed by atoms with Gasteiger partial charge < -0.3 is 15.3 Å². The number of carboxylic acid groups (broad SMARTS) is 1. The number of aromatic amines is 1. The molecule has 2 heterocycles. The second-order valence-electron chi connectivity index (χ2n) is 5.73. The highest BCUT2D eigenvalue weighted by Crippen LogP contribution is 2.21. The third-order valence-electron chi connectivity index (χ3n) is 3.36. The van der Waals surface area contributed by atoms with Crippen LogP contribution in [0.5, 0.6) is 0 Å². The van der Waals surface area contributed by atoms with Crippen LogP contribution >= 0.6 is 0 Å². The zero-order valence-electron chi connectivity index (χ0n) is 14.8. The number of carbonyl (C=O) groups excluding carboxylic acids is 1. The summed E-state index contributed by atoms with van der Waals surface area (Å²) in [5.41, 5.74) is 3.14. The highest BCUT2D eigenvalue weighted by molar-refractivity contribution is 5.93. The summed E-state index contributed by atoms with van der Waals surface area (Å²) >= 11 is 0. The SMILES string of the molecule is CN(C)C(=O)c1cc(Nc2ccc3[nH]ncc3c2)ccn1.O=C(O)C(F)(F)F. The van der Waals surface area contributed by atoms with Gasteiger partial charge in [0.15, 0.2) is 0 Å². The van der Waals surface area contributed by atoms with Gasteiger partial charge in [-0.1, -0.05) is 0 Å². The van der Waals surface area contributed by atoms with Gasteiger partial charge in [-0.3, -0.25) is 14.9 Å². The smallest absolute Gasteiger partial charge is 0.475 e. The van der Waals surface area contributed by atoms with Gasteiger partial charge >= 0.3 is 12.1 Å². The number of alkyl halides is 3. The molecule has 11 heteroatoms. The number of nitrogens with zero attached hydrogens (tertiary/aromatic N) is 3. The molecular formula is C17H16F3N5O3. The van der Waals surface area contributed by atoms with Crippen LogP contribution in [0.2, 0.25) is 0 Å². The van der Waals surface area contributed by atoms with Crippen LogP contribution in [0.1, 0.15) is 10.5 Å². The number of halogens is 3. The van der Waals surface area contributed by atoms with Gasteiger partial charge in [0.2, 0.25) is 0 Å². The first kappa shape index (κ1) is 20.7. The van der Waals surface area contributed by atoms with Gasteiger partial charge in [0.05, 0.1) is 11.7 Å². The third-order valence-corrected chi connectivity index (χ3v) is 3.36. The molecule has 8 nitrogen and oxygen atoms in total. The Bertz CT molecular complexity index is 985. The standard InChI is InChI=1S/C15H15N5O.C2HF3O2/c1-20(2)15(21)14-8-12(5-6-16-14)18-11-3-4-13-10(7-11)9-17-19-13;3-2(4,5)1(6)7/h3-9H,1-2H3,(H,16,18)(H,17,19);(H,6,7). The fraction of sp³-hybridized carbons (Fsp3) is 0.176. The molecule has 3 aromatic rings. The molecule has 0 unspecified atom stereocenters. The van der Waals surface area contributed by atoms with Gasteiger partial charge in [-0.2, -0.15) is 18.3 Å². The number of benzene rings is 1. The number of pyridine rings is 1. The molecule has 1 amide bonds. The Kier molecular flexibility index (Phi) is 6.18. The van der Waals surface area contributed by atoms with E-state index in [1.54, 1.807) is 32.6 Å².